The highest BCUT2D eigenvalue weighted by Gasteiger charge is 2.18. The van der Waals surface area contributed by atoms with E-state index < -0.39 is 9.84 Å². The van der Waals surface area contributed by atoms with Gasteiger partial charge in [0.05, 0.1) is 4.90 Å². The number of aromatic nitrogens is 1. The Labute approximate surface area is 113 Å². The van der Waals surface area contributed by atoms with Crippen LogP contribution < -0.4 is 0 Å². The monoisotopic (exact) mass is 331 g/mol. The topological polar surface area (TPSA) is 47.0 Å². The van der Waals surface area contributed by atoms with Crippen LogP contribution in [-0.2, 0) is 9.84 Å². The highest BCUT2D eigenvalue weighted by atomic mass is 79.9. The summed E-state index contributed by atoms with van der Waals surface area (Å²) in [5.41, 5.74) is 0. The molecular formula is C11H7BrClNO2S. The van der Waals surface area contributed by atoms with Gasteiger partial charge in [0.25, 0.3) is 0 Å². The Morgan fingerprint density at radius 3 is 2.29 bits per heavy atom. The molecule has 0 saturated heterocycles. The maximum absolute atomic E-state index is 12.2. The van der Waals surface area contributed by atoms with E-state index in [0.717, 1.165) is 4.47 Å². The Morgan fingerprint density at radius 2 is 1.71 bits per heavy atom. The Kier molecular flexibility index (Phi) is 3.51. The van der Waals surface area contributed by atoms with Gasteiger partial charge in [0, 0.05) is 4.47 Å². The molecule has 0 aliphatic rings. The molecule has 0 fully saturated rings. The van der Waals surface area contributed by atoms with Crippen LogP contribution in [0.2, 0.25) is 5.15 Å². The second kappa shape index (κ2) is 4.76. The van der Waals surface area contributed by atoms with Crippen molar-refractivity contribution < 1.29 is 8.42 Å². The number of hydrogen-bond acceptors (Lipinski definition) is 3. The van der Waals surface area contributed by atoms with Gasteiger partial charge < -0.3 is 0 Å². The predicted molar refractivity (Wildman–Crippen MR) is 68.8 cm³/mol. The van der Waals surface area contributed by atoms with E-state index in [1.165, 1.54) is 24.3 Å². The second-order valence-corrected chi connectivity index (χ2v) is 6.46. The van der Waals surface area contributed by atoms with E-state index in [0.29, 0.717) is 0 Å². The normalized spacial score (nSPS) is 11.4. The molecule has 2 rings (SSSR count). The molecule has 1 aromatic carbocycles. The van der Waals surface area contributed by atoms with Gasteiger partial charge in [0.15, 0.2) is 5.03 Å². The van der Waals surface area contributed by atoms with E-state index in [1.54, 1.807) is 18.2 Å². The predicted octanol–water partition coefficient (Wildman–Crippen LogP) is 3.33. The summed E-state index contributed by atoms with van der Waals surface area (Å²) in [6, 6.07) is 10.9. The minimum Gasteiger partial charge on any atom is -0.224 e. The zero-order chi connectivity index (χ0) is 12.5. The van der Waals surface area contributed by atoms with Crippen molar-refractivity contribution in [2.24, 2.45) is 0 Å². The van der Waals surface area contributed by atoms with Gasteiger partial charge in [0.2, 0.25) is 9.84 Å². The smallest absolute Gasteiger partial charge is 0.223 e. The Morgan fingerprint density at radius 1 is 1.06 bits per heavy atom. The third-order valence-corrected chi connectivity index (χ3v) is 4.50. The molecule has 88 valence electrons. The maximum atomic E-state index is 12.2. The zero-order valence-electron chi connectivity index (χ0n) is 8.47. The average Bonchev–Trinajstić information content (AvgIpc) is 2.29. The average molecular weight is 333 g/mol. The number of rotatable bonds is 2. The molecule has 3 nitrogen and oxygen atoms in total. The van der Waals surface area contributed by atoms with Crippen molar-refractivity contribution in [1.29, 1.82) is 0 Å². The molecule has 0 spiro atoms. The van der Waals surface area contributed by atoms with Crippen LogP contribution in [0.1, 0.15) is 0 Å². The van der Waals surface area contributed by atoms with Crippen LogP contribution in [-0.4, -0.2) is 13.4 Å². The lowest BCUT2D eigenvalue weighted by molar-refractivity contribution is 0.592. The molecule has 1 heterocycles. The third kappa shape index (κ3) is 2.68. The molecule has 0 atom stereocenters. The number of sulfone groups is 1. The highest BCUT2D eigenvalue weighted by Crippen LogP contribution is 2.22. The molecule has 0 saturated carbocycles. The van der Waals surface area contributed by atoms with E-state index in [1.807, 2.05) is 0 Å². The molecule has 17 heavy (non-hydrogen) atoms. The minimum atomic E-state index is -3.59. The Balaban J connectivity index is 2.54. The summed E-state index contributed by atoms with van der Waals surface area (Å²) in [4.78, 5) is 4.00. The minimum absolute atomic E-state index is 0.0488. The first kappa shape index (κ1) is 12.5. The zero-order valence-corrected chi connectivity index (χ0v) is 11.6. The van der Waals surface area contributed by atoms with Crippen molar-refractivity contribution in [3.63, 3.8) is 0 Å². The molecular weight excluding hydrogens is 326 g/mol. The van der Waals surface area contributed by atoms with Crippen molar-refractivity contribution in [2.45, 2.75) is 9.92 Å². The van der Waals surface area contributed by atoms with E-state index in [-0.39, 0.29) is 15.1 Å². The number of pyridine rings is 1. The van der Waals surface area contributed by atoms with Crippen molar-refractivity contribution in [2.75, 3.05) is 0 Å². The summed E-state index contributed by atoms with van der Waals surface area (Å²) in [5, 5.41) is 0.107. The van der Waals surface area contributed by atoms with Crippen molar-refractivity contribution >= 4 is 37.4 Å². The summed E-state index contributed by atoms with van der Waals surface area (Å²) in [7, 11) is -3.59. The molecule has 0 bridgehead atoms. The molecule has 0 radical (unpaired) electrons. The molecule has 0 amide bonds. The first-order valence-corrected chi connectivity index (χ1v) is 7.29. The van der Waals surface area contributed by atoms with Gasteiger partial charge in [-0.3, -0.25) is 0 Å². The van der Waals surface area contributed by atoms with Gasteiger partial charge in [0.1, 0.15) is 5.15 Å². The largest absolute Gasteiger partial charge is 0.224 e. The lowest BCUT2D eigenvalue weighted by Crippen LogP contribution is -2.04. The van der Waals surface area contributed by atoms with Crippen LogP contribution in [0, 0.1) is 0 Å². The van der Waals surface area contributed by atoms with E-state index in [2.05, 4.69) is 20.9 Å². The van der Waals surface area contributed by atoms with Crippen LogP contribution in [0.25, 0.3) is 0 Å². The number of benzene rings is 1. The number of halogens is 2. The Bertz CT molecular complexity index is 641. The molecule has 0 N–H and O–H groups in total. The van der Waals surface area contributed by atoms with Crippen LogP contribution >= 0.6 is 27.5 Å². The summed E-state index contributed by atoms with van der Waals surface area (Å²) >= 11 is 8.93. The van der Waals surface area contributed by atoms with E-state index >= 15 is 0 Å². The number of hydrogen-bond donors (Lipinski definition) is 0. The maximum Gasteiger partial charge on any atom is 0.223 e. The second-order valence-electron chi connectivity index (χ2n) is 3.26. The number of nitrogens with zero attached hydrogens (tertiary/aromatic N) is 1. The molecule has 6 heteroatoms. The first-order chi connectivity index (χ1) is 8.00. The van der Waals surface area contributed by atoms with Gasteiger partial charge in [-0.05, 0) is 36.4 Å². The molecule has 2 aromatic rings. The fourth-order valence-electron chi connectivity index (χ4n) is 1.27. The van der Waals surface area contributed by atoms with E-state index in [9.17, 15) is 8.42 Å². The Hall–Kier alpha value is -0.910. The lowest BCUT2D eigenvalue weighted by atomic mass is 10.4. The quantitative estimate of drug-likeness (QED) is 0.793. The van der Waals surface area contributed by atoms with Crippen LogP contribution in [0.4, 0.5) is 0 Å². The van der Waals surface area contributed by atoms with Crippen molar-refractivity contribution in [1.82, 2.24) is 4.98 Å². The SMILES string of the molecule is O=S(=O)(c1ccc(Br)cc1)c1cccc(Cl)n1. The summed E-state index contributed by atoms with van der Waals surface area (Å²) in [6.45, 7) is 0. The molecule has 0 aliphatic carbocycles. The lowest BCUT2D eigenvalue weighted by Gasteiger charge is -2.03. The van der Waals surface area contributed by atoms with Crippen molar-refractivity contribution in [3.8, 4) is 0 Å². The van der Waals surface area contributed by atoms with Gasteiger partial charge in [-0.2, -0.15) is 0 Å². The third-order valence-electron chi connectivity index (χ3n) is 2.09. The van der Waals surface area contributed by atoms with Crippen molar-refractivity contribution in [3.05, 3.63) is 52.1 Å². The standard InChI is InChI=1S/C11H7BrClNO2S/c12-8-4-6-9(7-5-8)17(15,16)11-3-1-2-10(13)14-11/h1-7H. The van der Waals surface area contributed by atoms with Crippen LogP contribution in [0.3, 0.4) is 0 Å². The summed E-state index contributed by atoms with van der Waals surface area (Å²) in [6.07, 6.45) is 0. The van der Waals surface area contributed by atoms with Gasteiger partial charge >= 0.3 is 0 Å². The van der Waals surface area contributed by atoms with Crippen LogP contribution in [0.15, 0.2) is 56.9 Å². The van der Waals surface area contributed by atoms with E-state index in [4.69, 9.17) is 11.6 Å². The summed E-state index contributed by atoms with van der Waals surface area (Å²) in [5.74, 6) is 0. The molecule has 0 unspecified atom stereocenters. The van der Waals surface area contributed by atoms with Gasteiger partial charge in [-0.25, -0.2) is 13.4 Å². The highest BCUT2D eigenvalue weighted by molar-refractivity contribution is 9.10. The van der Waals surface area contributed by atoms with Gasteiger partial charge in [-0.15, -0.1) is 0 Å². The molecule has 1 aromatic heterocycles. The summed E-state index contributed by atoms with van der Waals surface area (Å²) < 4.78 is 25.1. The van der Waals surface area contributed by atoms with Crippen LogP contribution in [0.5, 0.6) is 0 Å². The fraction of sp³-hybridized carbons (Fsp3) is 0. The first-order valence-electron chi connectivity index (χ1n) is 4.63. The van der Waals surface area contributed by atoms with Gasteiger partial charge in [-0.1, -0.05) is 33.6 Å². The fourth-order valence-corrected chi connectivity index (χ4v) is 2.96. The molecule has 0 aliphatic heterocycles.